The molecule has 2 aromatic heterocycles. The maximum Gasteiger partial charge on any atom is 0.274 e. The minimum absolute atomic E-state index is 0.0565. The smallest absolute Gasteiger partial charge is 0.274 e. The summed E-state index contributed by atoms with van der Waals surface area (Å²) in [5.41, 5.74) is 5.65. The Bertz CT molecular complexity index is 1050. The van der Waals surface area contributed by atoms with Crippen molar-refractivity contribution in [2.24, 2.45) is 0 Å². The molecule has 1 aliphatic rings. The van der Waals surface area contributed by atoms with Gasteiger partial charge in [-0.1, -0.05) is 23.7 Å². The topological polar surface area (TPSA) is 59.0 Å². The minimum Gasteiger partial charge on any atom is -0.337 e. The molecule has 1 aromatic carbocycles. The fourth-order valence-corrected chi connectivity index (χ4v) is 4.24. The third-order valence-electron chi connectivity index (χ3n) is 5.46. The summed E-state index contributed by atoms with van der Waals surface area (Å²) >= 11 is 6.14. The van der Waals surface area contributed by atoms with Crippen LogP contribution in [0, 0.1) is 13.8 Å². The molecule has 0 unspecified atom stereocenters. The van der Waals surface area contributed by atoms with Crippen molar-refractivity contribution in [2.75, 3.05) is 13.1 Å². The van der Waals surface area contributed by atoms with Gasteiger partial charge in [0.15, 0.2) is 0 Å². The molecule has 6 heteroatoms. The number of hydrogen-bond acceptors (Lipinski definition) is 4. The average molecular weight is 421 g/mol. The molecule has 30 heavy (non-hydrogen) atoms. The molecule has 1 atom stereocenters. The number of carbonyl (C=O) groups excluding carboxylic acids is 1. The predicted octanol–water partition coefficient (Wildman–Crippen LogP) is 4.75. The molecular formula is C24H25ClN4O. The lowest BCUT2D eigenvalue weighted by Gasteiger charge is -2.32. The molecule has 154 valence electrons. The molecule has 0 bridgehead atoms. The Morgan fingerprint density at radius 3 is 2.73 bits per heavy atom. The first kappa shape index (κ1) is 20.5. The van der Waals surface area contributed by atoms with Crippen LogP contribution in [0.5, 0.6) is 0 Å². The molecule has 4 rings (SSSR count). The number of amides is 1. The van der Waals surface area contributed by atoms with Crippen LogP contribution in [0.25, 0.3) is 0 Å². The summed E-state index contributed by atoms with van der Waals surface area (Å²) in [6.07, 6.45) is 5.99. The second-order valence-electron chi connectivity index (χ2n) is 7.98. The van der Waals surface area contributed by atoms with E-state index in [9.17, 15) is 4.79 Å². The molecule has 0 spiro atoms. The van der Waals surface area contributed by atoms with E-state index in [0.29, 0.717) is 12.2 Å². The van der Waals surface area contributed by atoms with E-state index in [-0.39, 0.29) is 11.8 Å². The Balaban J connectivity index is 1.52. The van der Waals surface area contributed by atoms with Crippen molar-refractivity contribution in [2.45, 2.75) is 39.0 Å². The Hall–Kier alpha value is -2.79. The van der Waals surface area contributed by atoms with Gasteiger partial charge in [0.2, 0.25) is 0 Å². The van der Waals surface area contributed by atoms with Crippen molar-refractivity contribution in [3.63, 3.8) is 0 Å². The standard InChI is InChI=1S/C24H25ClN4O/c1-16-9-19(10-18-5-3-7-21(25)11-18)12-22(28-16)20-6-4-8-29(15-20)24(30)23-14-26-17(2)13-27-23/h3,5,7,9,11-14,20H,4,6,8,10,15H2,1-2H3/t20-/m0/s1. The highest BCUT2D eigenvalue weighted by Crippen LogP contribution is 2.28. The number of aryl methyl sites for hydroxylation is 2. The van der Waals surface area contributed by atoms with Crippen molar-refractivity contribution >= 4 is 17.5 Å². The fraction of sp³-hybridized carbons (Fsp3) is 0.333. The lowest BCUT2D eigenvalue weighted by molar-refractivity contribution is 0.0699. The van der Waals surface area contributed by atoms with Gasteiger partial charge in [-0.05, 0) is 68.5 Å². The van der Waals surface area contributed by atoms with E-state index >= 15 is 0 Å². The first-order chi connectivity index (χ1) is 14.5. The Morgan fingerprint density at radius 2 is 1.97 bits per heavy atom. The highest BCUT2D eigenvalue weighted by Gasteiger charge is 2.27. The van der Waals surface area contributed by atoms with E-state index in [1.54, 1.807) is 12.4 Å². The van der Waals surface area contributed by atoms with Gasteiger partial charge in [-0.15, -0.1) is 0 Å². The van der Waals surface area contributed by atoms with Crippen molar-refractivity contribution in [3.05, 3.63) is 87.7 Å². The van der Waals surface area contributed by atoms with Crippen LogP contribution in [-0.2, 0) is 6.42 Å². The molecule has 1 aliphatic heterocycles. The minimum atomic E-state index is -0.0565. The monoisotopic (exact) mass is 420 g/mol. The van der Waals surface area contributed by atoms with Gasteiger partial charge in [0.1, 0.15) is 5.69 Å². The number of aromatic nitrogens is 3. The van der Waals surface area contributed by atoms with Crippen LogP contribution in [0.3, 0.4) is 0 Å². The number of piperidine rings is 1. The second kappa shape index (κ2) is 8.92. The van der Waals surface area contributed by atoms with Crippen molar-refractivity contribution in [1.29, 1.82) is 0 Å². The van der Waals surface area contributed by atoms with Gasteiger partial charge in [-0.25, -0.2) is 4.98 Å². The van der Waals surface area contributed by atoms with Gasteiger partial charge < -0.3 is 4.90 Å². The molecule has 3 aromatic rings. The van der Waals surface area contributed by atoms with Crippen LogP contribution < -0.4 is 0 Å². The zero-order chi connectivity index (χ0) is 21.1. The SMILES string of the molecule is Cc1cnc(C(=O)N2CCC[C@H](c3cc(Cc4cccc(Cl)c4)cc(C)n3)C2)cn1. The number of hydrogen-bond donors (Lipinski definition) is 0. The molecular weight excluding hydrogens is 396 g/mol. The van der Waals surface area contributed by atoms with E-state index in [0.717, 1.165) is 47.9 Å². The van der Waals surface area contributed by atoms with E-state index in [2.05, 4.69) is 28.2 Å². The second-order valence-corrected chi connectivity index (χ2v) is 8.42. The third kappa shape index (κ3) is 4.85. The number of likely N-dealkylation sites (tertiary alicyclic amines) is 1. The van der Waals surface area contributed by atoms with Gasteiger partial charge in [0, 0.05) is 41.6 Å². The van der Waals surface area contributed by atoms with E-state index in [1.165, 1.54) is 11.1 Å². The van der Waals surface area contributed by atoms with Crippen molar-refractivity contribution in [3.8, 4) is 0 Å². The van der Waals surface area contributed by atoms with E-state index in [4.69, 9.17) is 16.6 Å². The maximum atomic E-state index is 12.9. The van der Waals surface area contributed by atoms with Crippen molar-refractivity contribution in [1.82, 2.24) is 19.9 Å². The molecule has 1 fully saturated rings. The van der Waals surface area contributed by atoms with Crippen LogP contribution in [0.2, 0.25) is 5.02 Å². The molecule has 0 N–H and O–H groups in total. The number of halogens is 1. The maximum absolute atomic E-state index is 12.9. The highest BCUT2D eigenvalue weighted by molar-refractivity contribution is 6.30. The van der Waals surface area contributed by atoms with Gasteiger partial charge in [0.05, 0.1) is 11.9 Å². The van der Waals surface area contributed by atoms with Gasteiger partial charge in [-0.3, -0.25) is 14.8 Å². The van der Waals surface area contributed by atoms with Crippen LogP contribution in [-0.4, -0.2) is 38.8 Å². The number of rotatable bonds is 4. The van der Waals surface area contributed by atoms with Crippen molar-refractivity contribution < 1.29 is 4.79 Å². The normalized spacial score (nSPS) is 16.5. The Labute approximate surface area is 182 Å². The summed E-state index contributed by atoms with van der Waals surface area (Å²) in [5, 5.41) is 0.749. The summed E-state index contributed by atoms with van der Waals surface area (Å²) in [7, 11) is 0. The first-order valence-electron chi connectivity index (χ1n) is 10.3. The average Bonchev–Trinajstić information content (AvgIpc) is 2.73. The zero-order valence-electron chi connectivity index (χ0n) is 17.3. The Kier molecular flexibility index (Phi) is 6.09. The number of benzene rings is 1. The molecule has 1 saturated heterocycles. The highest BCUT2D eigenvalue weighted by atomic mass is 35.5. The molecule has 0 aliphatic carbocycles. The zero-order valence-corrected chi connectivity index (χ0v) is 18.1. The summed E-state index contributed by atoms with van der Waals surface area (Å²) in [6, 6.07) is 12.3. The van der Waals surface area contributed by atoms with Crippen LogP contribution in [0.1, 0.15) is 57.5 Å². The lowest BCUT2D eigenvalue weighted by Crippen LogP contribution is -2.39. The summed E-state index contributed by atoms with van der Waals surface area (Å²) in [5.74, 6) is 0.165. The first-order valence-corrected chi connectivity index (χ1v) is 10.7. The number of carbonyl (C=O) groups is 1. The van der Waals surface area contributed by atoms with Crippen LogP contribution in [0.4, 0.5) is 0 Å². The quantitative estimate of drug-likeness (QED) is 0.611. The lowest BCUT2D eigenvalue weighted by atomic mass is 9.92. The summed E-state index contributed by atoms with van der Waals surface area (Å²) < 4.78 is 0. The van der Waals surface area contributed by atoms with E-state index in [1.807, 2.05) is 36.9 Å². The van der Waals surface area contributed by atoms with Gasteiger partial charge in [0.25, 0.3) is 5.91 Å². The molecule has 5 nitrogen and oxygen atoms in total. The summed E-state index contributed by atoms with van der Waals surface area (Å²) in [6.45, 7) is 5.29. The Morgan fingerprint density at radius 1 is 1.10 bits per heavy atom. The summed E-state index contributed by atoms with van der Waals surface area (Å²) in [4.78, 5) is 28.0. The molecule has 0 radical (unpaired) electrons. The molecule has 3 heterocycles. The fourth-order valence-electron chi connectivity index (χ4n) is 4.03. The van der Waals surface area contributed by atoms with E-state index < -0.39 is 0 Å². The number of nitrogens with zero attached hydrogens (tertiary/aromatic N) is 4. The molecule has 1 amide bonds. The van der Waals surface area contributed by atoms with Gasteiger partial charge in [-0.2, -0.15) is 0 Å². The molecule has 0 saturated carbocycles. The number of pyridine rings is 1. The predicted molar refractivity (Wildman–Crippen MR) is 118 cm³/mol. The van der Waals surface area contributed by atoms with Gasteiger partial charge >= 0.3 is 0 Å². The third-order valence-corrected chi connectivity index (χ3v) is 5.69. The van der Waals surface area contributed by atoms with Crippen LogP contribution >= 0.6 is 11.6 Å². The largest absolute Gasteiger partial charge is 0.337 e. The van der Waals surface area contributed by atoms with Crippen LogP contribution in [0.15, 0.2) is 48.8 Å².